The van der Waals surface area contributed by atoms with Crippen LogP contribution in [0.1, 0.15) is 11.1 Å². The molecule has 0 saturated carbocycles. The number of benzene rings is 4. The van der Waals surface area contributed by atoms with Crippen LogP contribution in [0.15, 0.2) is 144 Å². The third-order valence-corrected chi connectivity index (χ3v) is 7.10. The van der Waals surface area contributed by atoms with Gasteiger partial charge in [-0.05, 0) is 48.0 Å². The van der Waals surface area contributed by atoms with Crippen LogP contribution < -0.4 is 9.80 Å². The van der Waals surface area contributed by atoms with Crippen LogP contribution in [0.4, 0.5) is 22.7 Å². The summed E-state index contributed by atoms with van der Waals surface area (Å²) in [4.78, 5) is 4.77. The summed E-state index contributed by atoms with van der Waals surface area (Å²) >= 11 is 3.69. The van der Waals surface area contributed by atoms with Crippen LogP contribution in [0.3, 0.4) is 0 Å². The maximum Gasteiger partial charge on any atom is 0.0594 e. The van der Waals surface area contributed by atoms with Gasteiger partial charge in [0.1, 0.15) is 0 Å². The molecule has 0 amide bonds. The quantitative estimate of drug-likeness (QED) is 0.255. The summed E-state index contributed by atoms with van der Waals surface area (Å²) in [7, 11) is 0. The molecule has 0 unspecified atom stereocenters. The van der Waals surface area contributed by atoms with Crippen molar-refractivity contribution in [3.63, 3.8) is 0 Å². The fraction of sp³-hybridized carbons (Fsp3) is 0.0303. The van der Waals surface area contributed by atoms with Crippen molar-refractivity contribution in [1.82, 2.24) is 0 Å². The summed E-state index contributed by atoms with van der Waals surface area (Å²) in [6, 6.07) is 36.5. The molecule has 36 heavy (non-hydrogen) atoms. The smallest absolute Gasteiger partial charge is 0.0594 e. The van der Waals surface area contributed by atoms with Crippen LogP contribution in [-0.2, 0) is 0 Å². The van der Waals surface area contributed by atoms with E-state index in [-0.39, 0.29) is 0 Å². The van der Waals surface area contributed by atoms with Gasteiger partial charge in [0, 0.05) is 39.1 Å². The SMILES string of the molecule is C=C1/C=C\C=C/CN(c2ccccc2)C2=C1c1ccccc1N(c1cccc(Br)c1)c1ccccc12. The van der Waals surface area contributed by atoms with Crippen molar-refractivity contribution in [2.45, 2.75) is 0 Å². The second kappa shape index (κ2) is 9.52. The predicted octanol–water partition coefficient (Wildman–Crippen LogP) is 9.29. The molecule has 0 N–H and O–H groups in total. The van der Waals surface area contributed by atoms with E-state index >= 15 is 0 Å². The monoisotopic (exact) mass is 528 g/mol. The van der Waals surface area contributed by atoms with E-state index in [0.717, 1.165) is 61.7 Å². The Morgan fingerprint density at radius 3 is 2.11 bits per heavy atom. The summed E-state index contributed by atoms with van der Waals surface area (Å²) in [5, 5.41) is 0. The lowest BCUT2D eigenvalue weighted by molar-refractivity contribution is 1.11. The Bertz CT molecular complexity index is 1540. The summed E-state index contributed by atoms with van der Waals surface area (Å²) in [5.74, 6) is 0. The van der Waals surface area contributed by atoms with Gasteiger partial charge in [-0.3, -0.25) is 0 Å². The molecule has 0 radical (unpaired) electrons. The molecule has 0 aromatic heterocycles. The van der Waals surface area contributed by atoms with E-state index < -0.39 is 0 Å². The van der Waals surface area contributed by atoms with Gasteiger partial charge >= 0.3 is 0 Å². The summed E-state index contributed by atoms with van der Waals surface area (Å²) in [6.45, 7) is 5.31. The van der Waals surface area contributed by atoms with Crippen molar-refractivity contribution < 1.29 is 0 Å². The molecule has 0 spiro atoms. The number of rotatable bonds is 2. The average Bonchev–Trinajstić information content (AvgIpc) is 2.97. The van der Waals surface area contributed by atoms with Crippen LogP contribution in [0.5, 0.6) is 0 Å². The third-order valence-electron chi connectivity index (χ3n) is 6.61. The topological polar surface area (TPSA) is 6.48 Å². The number of anilines is 4. The fourth-order valence-electron chi connectivity index (χ4n) is 5.07. The molecule has 0 saturated heterocycles. The molecule has 174 valence electrons. The van der Waals surface area contributed by atoms with Crippen LogP contribution in [-0.4, -0.2) is 6.54 Å². The van der Waals surface area contributed by atoms with Gasteiger partial charge in [0.05, 0.1) is 17.1 Å². The highest BCUT2D eigenvalue weighted by Gasteiger charge is 2.31. The number of hydrogen-bond donors (Lipinski definition) is 0. The molecule has 3 heteroatoms. The molecule has 0 atom stereocenters. The summed E-state index contributed by atoms with van der Waals surface area (Å²) in [5.41, 5.74) is 10.1. The van der Waals surface area contributed by atoms with Crippen molar-refractivity contribution in [2.75, 3.05) is 16.3 Å². The third kappa shape index (κ3) is 3.92. The minimum Gasteiger partial charge on any atom is -0.337 e. The average molecular weight is 529 g/mol. The van der Waals surface area contributed by atoms with E-state index in [1.807, 2.05) is 0 Å². The zero-order valence-corrected chi connectivity index (χ0v) is 21.4. The van der Waals surface area contributed by atoms with Gasteiger partial charge < -0.3 is 9.80 Å². The molecular weight excluding hydrogens is 504 g/mol. The minimum absolute atomic E-state index is 0.744. The molecule has 0 aliphatic carbocycles. The van der Waals surface area contributed by atoms with E-state index in [0.29, 0.717) is 0 Å². The number of hydrogen-bond acceptors (Lipinski definition) is 2. The maximum absolute atomic E-state index is 4.56. The zero-order valence-electron chi connectivity index (χ0n) is 19.8. The first-order valence-corrected chi connectivity index (χ1v) is 12.9. The second-order valence-corrected chi connectivity index (χ2v) is 9.75. The van der Waals surface area contributed by atoms with Crippen molar-refractivity contribution in [3.05, 3.63) is 155 Å². The maximum atomic E-state index is 4.56. The van der Waals surface area contributed by atoms with Crippen molar-refractivity contribution in [3.8, 4) is 0 Å². The Balaban J connectivity index is 1.74. The second-order valence-electron chi connectivity index (χ2n) is 8.83. The molecule has 2 aliphatic heterocycles. The molecular formula is C33H25BrN2. The fourth-order valence-corrected chi connectivity index (χ4v) is 5.46. The van der Waals surface area contributed by atoms with Crippen molar-refractivity contribution in [1.29, 1.82) is 0 Å². The molecule has 4 aromatic carbocycles. The molecule has 2 heterocycles. The number of para-hydroxylation sites is 3. The Hall–Kier alpha value is -4.08. The minimum atomic E-state index is 0.744. The Kier molecular flexibility index (Phi) is 5.92. The van der Waals surface area contributed by atoms with Crippen molar-refractivity contribution in [2.24, 2.45) is 0 Å². The largest absolute Gasteiger partial charge is 0.337 e. The highest BCUT2D eigenvalue weighted by Crippen LogP contribution is 2.50. The first-order chi connectivity index (χ1) is 17.7. The Morgan fingerprint density at radius 2 is 1.33 bits per heavy atom. The normalized spacial score (nSPS) is 16.6. The lowest BCUT2D eigenvalue weighted by Crippen LogP contribution is -2.23. The van der Waals surface area contributed by atoms with Crippen molar-refractivity contribution >= 4 is 49.9 Å². The van der Waals surface area contributed by atoms with Gasteiger partial charge in [-0.15, -0.1) is 0 Å². The van der Waals surface area contributed by atoms with E-state index in [1.54, 1.807) is 0 Å². The molecule has 0 fully saturated rings. The Labute approximate surface area is 221 Å². The lowest BCUT2D eigenvalue weighted by atomic mass is 9.92. The highest BCUT2D eigenvalue weighted by molar-refractivity contribution is 9.10. The lowest BCUT2D eigenvalue weighted by Gasteiger charge is -2.31. The molecule has 6 rings (SSSR count). The predicted molar refractivity (Wildman–Crippen MR) is 157 cm³/mol. The van der Waals surface area contributed by atoms with Gasteiger partial charge in [0.25, 0.3) is 0 Å². The standard InChI is InChI=1S/C33H25BrN2/c1-24-13-4-3-11-22-35(26-15-5-2-6-16-26)33-29-19-8-10-21-31(29)36(27-17-12-14-25(34)23-27)30-20-9-7-18-28(30)32(24)33/h2-21,23H,1,22H2/b11-3-,13-4-. The van der Waals surface area contributed by atoms with Gasteiger partial charge in [0.15, 0.2) is 0 Å². The first kappa shape index (κ1) is 22.4. The van der Waals surface area contributed by atoms with Gasteiger partial charge in [0.2, 0.25) is 0 Å². The molecule has 2 aliphatic rings. The highest BCUT2D eigenvalue weighted by atomic mass is 79.9. The molecule has 0 bridgehead atoms. The van der Waals surface area contributed by atoms with Crippen LogP contribution in [0.2, 0.25) is 0 Å². The van der Waals surface area contributed by atoms with Crippen LogP contribution in [0, 0.1) is 0 Å². The number of nitrogens with zero attached hydrogens (tertiary/aromatic N) is 2. The molecule has 4 aromatic rings. The number of halogens is 1. The van der Waals surface area contributed by atoms with E-state index in [2.05, 4.69) is 160 Å². The van der Waals surface area contributed by atoms with Gasteiger partial charge in [-0.1, -0.05) is 107 Å². The molecule has 2 nitrogen and oxygen atoms in total. The van der Waals surface area contributed by atoms with Gasteiger partial charge in [-0.2, -0.15) is 0 Å². The summed E-state index contributed by atoms with van der Waals surface area (Å²) < 4.78 is 1.05. The van der Waals surface area contributed by atoms with Gasteiger partial charge in [-0.25, -0.2) is 0 Å². The zero-order chi connectivity index (χ0) is 24.5. The first-order valence-electron chi connectivity index (χ1n) is 12.1. The number of allylic oxidation sites excluding steroid dienone is 5. The van der Waals surface area contributed by atoms with Crippen LogP contribution in [0.25, 0.3) is 11.3 Å². The Morgan fingerprint density at radius 1 is 0.667 bits per heavy atom. The number of fused-ring (bicyclic) bond motifs is 4. The van der Waals surface area contributed by atoms with E-state index in [9.17, 15) is 0 Å². The summed E-state index contributed by atoms with van der Waals surface area (Å²) in [6.07, 6.45) is 8.53. The van der Waals surface area contributed by atoms with E-state index in [1.165, 1.54) is 0 Å². The van der Waals surface area contributed by atoms with E-state index in [4.69, 9.17) is 0 Å². The van der Waals surface area contributed by atoms with Crippen LogP contribution >= 0.6 is 15.9 Å².